The number of amides is 1. The predicted octanol–water partition coefficient (Wildman–Crippen LogP) is 2.75. The first kappa shape index (κ1) is 17.0. The molecule has 2 aliphatic heterocycles. The average Bonchev–Trinajstić information content (AvgIpc) is 2.61. The fraction of sp³-hybridized carbons (Fsp3) is 0.588. The molecule has 4 nitrogen and oxygen atoms in total. The zero-order valence-electron chi connectivity index (χ0n) is 13.5. The van der Waals surface area contributed by atoms with Gasteiger partial charge in [-0.25, -0.2) is 0 Å². The molecular weight excluding hydrogens is 328 g/mol. The molecule has 126 valence electrons. The zero-order chi connectivity index (χ0) is 16.1. The molecule has 2 heterocycles. The number of nitrogens with zero attached hydrogens (tertiary/aromatic N) is 1. The van der Waals surface area contributed by atoms with Gasteiger partial charge in [-0.15, -0.1) is 23.5 Å². The minimum atomic E-state index is 0.0708. The van der Waals surface area contributed by atoms with Gasteiger partial charge >= 0.3 is 0 Å². The molecule has 1 amide bonds. The van der Waals surface area contributed by atoms with Crippen molar-refractivity contribution in [3.8, 4) is 5.75 Å². The third kappa shape index (κ3) is 4.58. The molecule has 0 aliphatic carbocycles. The van der Waals surface area contributed by atoms with E-state index >= 15 is 0 Å². The standard InChI is InChI=1S/C17H24N2O2S2/c1-13-11-18-7-8-19(13)16(20)12-21-15-5-3-14(4-6-15)17-22-9-2-10-23-17/h3-6,13,17-18H,2,7-12H2,1H3/t13-/m0/s1. The topological polar surface area (TPSA) is 41.6 Å². The first-order valence-corrected chi connectivity index (χ1v) is 10.3. The van der Waals surface area contributed by atoms with E-state index in [0.29, 0.717) is 4.58 Å². The Morgan fingerprint density at radius 1 is 1.30 bits per heavy atom. The Hall–Kier alpha value is -0.850. The number of hydrogen-bond acceptors (Lipinski definition) is 5. The van der Waals surface area contributed by atoms with Gasteiger partial charge in [0.05, 0.1) is 4.58 Å². The molecule has 0 radical (unpaired) electrons. The number of nitrogens with one attached hydrogen (secondary N) is 1. The Balaban J connectivity index is 1.51. The molecule has 0 saturated carbocycles. The highest BCUT2D eigenvalue weighted by molar-refractivity contribution is 8.16. The molecule has 0 spiro atoms. The monoisotopic (exact) mass is 352 g/mol. The Kier molecular flexibility index (Phi) is 6.14. The summed E-state index contributed by atoms with van der Waals surface area (Å²) in [5.74, 6) is 3.33. The zero-order valence-corrected chi connectivity index (χ0v) is 15.1. The summed E-state index contributed by atoms with van der Waals surface area (Å²) < 4.78 is 6.23. The second-order valence-electron chi connectivity index (χ2n) is 5.93. The number of piperazine rings is 1. The van der Waals surface area contributed by atoms with Gasteiger partial charge in [0.25, 0.3) is 5.91 Å². The highest BCUT2D eigenvalue weighted by atomic mass is 32.2. The van der Waals surface area contributed by atoms with Crippen molar-refractivity contribution in [2.24, 2.45) is 0 Å². The van der Waals surface area contributed by atoms with Crippen molar-refractivity contribution in [3.63, 3.8) is 0 Å². The number of hydrogen-bond donors (Lipinski definition) is 1. The van der Waals surface area contributed by atoms with E-state index in [1.165, 1.54) is 23.5 Å². The number of ether oxygens (including phenoxy) is 1. The molecule has 23 heavy (non-hydrogen) atoms. The Morgan fingerprint density at radius 2 is 2.04 bits per heavy atom. The molecule has 1 atom stereocenters. The molecule has 0 bridgehead atoms. The van der Waals surface area contributed by atoms with E-state index in [-0.39, 0.29) is 18.6 Å². The summed E-state index contributed by atoms with van der Waals surface area (Å²) in [5.41, 5.74) is 1.34. The quantitative estimate of drug-likeness (QED) is 0.902. The molecule has 2 fully saturated rings. The van der Waals surface area contributed by atoms with Crippen LogP contribution in [0, 0.1) is 0 Å². The fourth-order valence-electron chi connectivity index (χ4n) is 2.84. The van der Waals surface area contributed by atoms with Crippen molar-refractivity contribution in [3.05, 3.63) is 29.8 Å². The van der Waals surface area contributed by atoms with Crippen molar-refractivity contribution in [1.82, 2.24) is 10.2 Å². The number of thioether (sulfide) groups is 2. The first-order valence-electron chi connectivity index (χ1n) is 8.20. The van der Waals surface area contributed by atoms with Crippen LogP contribution in [0.1, 0.15) is 23.5 Å². The molecule has 3 rings (SSSR count). The molecule has 0 aromatic heterocycles. The lowest BCUT2D eigenvalue weighted by Gasteiger charge is -2.33. The summed E-state index contributed by atoms with van der Waals surface area (Å²) in [6.07, 6.45) is 1.31. The second kappa shape index (κ2) is 8.31. The molecule has 1 N–H and O–H groups in total. The van der Waals surface area contributed by atoms with Gasteiger partial charge in [-0.05, 0) is 42.5 Å². The molecule has 2 aliphatic rings. The number of benzene rings is 1. The fourth-order valence-corrected chi connectivity index (χ4v) is 5.74. The van der Waals surface area contributed by atoms with Gasteiger partial charge in [0.15, 0.2) is 6.61 Å². The minimum absolute atomic E-state index is 0.0708. The lowest BCUT2D eigenvalue weighted by Crippen LogP contribution is -2.53. The maximum atomic E-state index is 12.3. The summed E-state index contributed by atoms with van der Waals surface area (Å²) in [4.78, 5) is 14.2. The van der Waals surface area contributed by atoms with E-state index in [2.05, 4.69) is 24.4 Å². The maximum Gasteiger partial charge on any atom is 0.260 e. The van der Waals surface area contributed by atoms with Gasteiger partial charge in [-0.1, -0.05) is 12.1 Å². The van der Waals surface area contributed by atoms with Crippen LogP contribution in [0.2, 0.25) is 0 Å². The maximum absolute atomic E-state index is 12.3. The number of rotatable bonds is 4. The Labute approximate surface area is 146 Å². The normalized spacial score (nSPS) is 22.8. The highest BCUT2D eigenvalue weighted by Crippen LogP contribution is 2.43. The molecule has 1 aromatic rings. The van der Waals surface area contributed by atoms with Crippen LogP contribution in [0.25, 0.3) is 0 Å². The molecule has 6 heteroatoms. The van der Waals surface area contributed by atoms with Crippen molar-refractivity contribution in [2.45, 2.75) is 24.0 Å². The van der Waals surface area contributed by atoms with Crippen molar-refractivity contribution >= 4 is 29.4 Å². The van der Waals surface area contributed by atoms with E-state index in [4.69, 9.17) is 4.74 Å². The lowest BCUT2D eigenvalue weighted by atomic mass is 10.2. The van der Waals surface area contributed by atoms with Gasteiger partial charge in [0, 0.05) is 25.7 Å². The van der Waals surface area contributed by atoms with Crippen LogP contribution >= 0.6 is 23.5 Å². The second-order valence-corrected chi connectivity index (χ2v) is 8.65. The van der Waals surface area contributed by atoms with Crippen molar-refractivity contribution in [1.29, 1.82) is 0 Å². The van der Waals surface area contributed by atoms with E-state index < -0.39 is 0 Å². The lowest BCUT2D eigenvalue weighted by molar-refractivity contribution is -0.136. The van der Waals surface area contributed by atoms with Crippen LogP contribution in [-0.2, 0) is 4.79 Å². The summed E-state index contributed by atoms with van der Waals surface area (Å²) in [6, 6.07) is 8.47. The van der Waals surface area contributed by atoms with Crippen LogP contribution in [0.3, 0.4) is 0 Å². The van der Waals surface area contributed by atoms with Crippen LogP contribution in [0.4, 0.5) is 0 Å². The first-order chi connectivity index (χ1) is 11.2. The van der Waals surface area contributed by atoms with Gasteiger partial charge in [0.2, 0.25) is 0 Å². The van der Waals surface area contributed by atoms with E-state index in [1.807, 2.05) is 40.6 Å². The van der Waals surface area contributed by atoms with Gasteiger partial charge < -0.3 is 15.0 Å². The Morgan fingerprint density at radius 3 is 2.74 bits per heavy atom. The largest absolute Gasteiger partial charge is 0.484 e. The highest BCUT2D eigenvalue weighted by Gasteiger charge is 2.23. The third-order valence-electron chi connectivity index (χ3n) is 4.16. The summed E-state index contributed by atoms with van der Waals surface area (Å²) in [7, 11) is 0. The third-order valence-corrected chi connectivity index (χ3v) is 7.18. The molecule has 2 saturated heterocycles. The Bertz CT molecular complexity index is 518. The van der Waals surface area contributed by atoms with E-state index in [9.17, 15) is 4.79 Å². The molecular formula is C17H24N2O2S2. The summed E-state index contributed by atoms with van der Waals surface area (Å²) >= 11 is 4.03. The van der Waals surface area contributed by atoms with Gasteiger partial charge in [-0.3, -0.25) is 4.79 Å². The van der Waals surface area contributed by atoms with Crippen LogP contribution in [0.15, 0.2) is 24.3 Å². The van der Waals surface area contributed by atoms with Crippen molar-refractivity contribution < 1.29 is 9.53 Å². The minimum Gasteiger partial charge on any atom is -0.484 e. The smallest absolute Gasteiger partial charge is 0.260 e. The molecule has 0 unspecified atom stereocenters. The van der Waals surface area contributed by atoms with Crippen LogP contribution in [0.5, 0.6) is 5.75 Å². The predicted molar refractivity (Wildman–Crippen MR) is 98.3 cm³/mol. The van der Waals surface area contributed by atoms with Gasteiger partial charge in [-0.2, -0.15) is 0 Å². The number of carbonyl (C=O) groups is 1. The van der Waals surface area contributed by atoms with Gasteiger partial charge in [0.1, 0.15) is 5.75 Å². The van der Waals surface area contributed by atoms with Crippen LogP contribution in [-0.4, -0.2) is 54.6 Å². The molecule has 1 aromatic carbocycles. The summed E-state index contributed by atoms with van der Waals surface area (Å²) in [5, 5.41) is 3.29. The van der Waals surface area contributed by atoms with E-state index in [0.717, 1.165) is 25.4 Å². The number of carbonyl (C=O) groups excluding carboxylic acids is 1. The summed E-state index contributed by atoms with van der Waals surface area (Å²) in [6.45, 7) is 4.67. The van der Waals surface area contributed by atoms with E-state index in [1.54, 1.807) is 0 Å². The average molecular weight is 353 g/mol. The SMILES string of the molecule is C[C@H]1CNCCN1C(=O)COc1ccc(C2SCCCS2)cc1. The van der Waals surface area contributed by atoms with Crippen LogP contribution < -0.4 is 10.1 Å². The van der Waals surface area contributed by atoms with Crippen molar-refractivity contribution in [2.75, 3.05) is 37.7 Å².